The van der Waals surface area contributed by atoms with Crippen LogP contribution < -0.4 is 5.32 Å². The van der Waals surface area contributed by atoms with E-state index in [1.54, 1.807) is 4.90 Å². The average molecular weight is 288 g/mol. The van der Waals surface area contributed by atoms with Gasteiger partial charge in [0.2, 0.25) is 5.91 Å². The molecule has 0 saturated carbocycles. The fourth-order valence-electron chi connectivity index (χ4n) is 2.30. The molecule has 1 N–H and O–H groups in total. The number of aromatic nitrogens is 1. The minimum Gasteiger partial charge on any atom is -0.361 e. The molecule has 0 spiro atoms. The quantitative estimate of drug-likeness (QED) is 0.896. The molecule has 5 nitrogen and oxygen atoms in total. The van der Waals surface area contributed by atoms with E-state index in [0.29, 0.717) is 18.9 Å². The molecule has 2 heterocycles. The molecule has 1 atom stereocenters. The van der Waals surface area contributed by atoms with E-state index in [2.05, 4.69) is 10.5 Å². The van der Waals surface area contributed by atoms with Crippen molar-refractivity contribution in [1.82, 2.24) is 15.4 Å². The number of amides is 1. The second-order valence-corrected chi connectivity index (χ2v) is 5.08. The minimum atomic E-state index is 0. The normalized spacial score (nSPS) is 18.1. The molecule has 2 rings (SSSR count). The van der Waals surface area contributed by atoms with Crippen molar-refractivity contribution in [2.24, 2.45) is 5.92 Å². The smallest absolute Gasteiger partial charge is 0.222 e. The van der Waals surface area contributed by atoms with Crippen LogP contribution in [0.25, 0.3) is 0 Å². The molecule has 1 aromatic heterocycles. The van der Waals surface area contributed by atoms with Gasteiger partial charge in [0.05, 0.1) is 6.54 Å². The summed E-state index contributed by atoms with van der Waals surface area (Å²) in [6.07, 6.45) is 2.80. The van der Waals surface area contributed by atoms with Gasteiger partial charge in [-0.05, 0) is 38.8 Å². The van der Waals surface area contributed by atoms with Crippen molar-refractivity contribution in [3.05, 3.63) is 17.5 Å². The molecule has 0 aromatic carbocycles. The van der Waals surface area contributed by atoms with Gasteiger partial charge in [0, 0.05) is 19.5 Å². The molecule has 1 aliphatic rings. The van der Waals surface area contributed by atoms with Crippen LogP contribution in [0.3, 0.4) is 0 Å². The third-order valence-corrected chi connectivity index (χ3v) is 3.43. The van der Waals surface area contributed by atoms with E-state index in [0.717, 1.165) is 31.0 Å². The van der Waals surface area contributed by atoms with Crippen LogP contribution in [-0.4, -0.2) is 36.1 Å². The Morgan fingerprint density at radius 3 is 3.00 bits per heavy atom. The molecule has 108 valence electrons. The van der Waals surface area contributed by atoms with Crippen molar-refractivity contribution in [3.8, 4) is 0 Å². The van der Waals surface area contributed by atoms with E-state index in [-0.39, 0.29) is 18.3 Å². The first kappa shape index (κ1) is 16.0. The topological polar surface area (TPSA) is 58.4 Å². The number of hydrogen-bond donors (Lipinski definition) is 1. The zero-order valence-electron chi connectivity index (χ0n) is 11.5. The summed E-state index contributed by atoms with van der Waals surface area (Å²) in [6.45, 7) is 4.52. The van der Waals surface area contributed by atoms with Crippen LogP contribution in [0.5, 0.6) is 0 Å². The molecule has 1 saturated heterocycles. The van der Waals surface area contributed by atoms with Crippen molar-refractivity contribution in [1.29, 1.82) is 0 Å². The van der Waals surface area contributed by atoms with E-state index < -0.39 is 0 Å². The highest BCUT2D eigenvalue weighted by molar-refractivity contribution is 5.85. The molecule has 0 aliphatic carbocycles. The summed E-state index contributed by atoms with van der Waals surface area (Å²) in [4.78, 5) is 13.7. The standard InChI is InChI=1S/C13H21N3O2.ClH/c1-10-7-12(15-18-10)9-16(2)13(17)4-3-11-5-6-14-8-11;/h7,11,14H,3-6,8-9H2,1-2H3;1H. The van der Waals surface area contributed by atoms with Gasteiger partial charge < -0.3 is 14.7 Å². The predicted octanol–water partition coefficient (Wildman–Crippen LogP) is 1.75. The highest BCUT2D eigenvalue weighted by atomic mass is 35.5. The number of nitrogens with zero attached hydrogens (tertiary/aromatic N) is 2. The average Bonchev–Trinajstić information content (AvgIpc) is 2.97. The van der Waals surface area contributed by atoms with Crippen LogP contribution >= 0.6 is 12.4 Å². The van der Waals surface area contributed by atoms with Gasteiger partial charge in [0.25, 0.3) is 0 Å². The van der Waals surface area contributed by atoms with Crippen LogP contribution in [0.4, 0.5) is 0 Å². The van der Waals surface area contributed by atoms with E-state index in [1.165, 1.54) is 6.42 Å². The van der Waals surface area contributed by atoms with Crippen LogP contribution in [-0.2, 0) is 11.3 Å². The van der Waals surface area contributed by atoms with Gasteiger partial charge >= 0.3 is 0 Å². The molecule has 19 heavy (non-hydrogen) atoms. The van der Waals surface area contributed by atoms with E-state index in [9.17, 15) is 4.79 Å². The number of halogens is 1. The van der Waals surface area contributed by atoms with Gasteiger partial charge in [0.15, 0.2) is 0 Å². The molecular weight excluding hydrogens is 266 g/mol. The largest absolute Gasteiger partial charge is 0.361 e. The maximum Gasteiger partial charge on any atom is 0.222 e. The van der Waals surface area contributed by atoms with Crippen LogP contribution in [0.1, 0.15) is 30.7 Å². The summed E-state index contributed by atoms with van der Waals surface area (Å²) in [7, 11) is 1.82. The second-order valence-electron chi connectivity index (χ2n) is 5.08. The van der Waals surface area contributed by atoms with Gasteiger partial charge in [-0.3, -0.25) is 4.79 Å². The van der Waals surface area contributed by atoms with Gasteiger partial charge in [-0.2, -0.15) is 0 Å². The van der Waals surface area contributed by atoms with Gasteiger partial charge in [-0.15, -0.1) is 12.4 Å². The van der Waals surface area contributed by atoms with Crippen molar-refractivity contribution in [2.75, 3.05) is 20.1 Å². The van der Waals surface area contributed by atoms with Gasteiger partial charge in [0.1, 0.15) is 11.5 Å². The third kappa shape index (κ3) is 4.84. The Bertz CT molecular complexity index is 402. The highest BCUT2D eigenvalue weighted by Gasteiger charge is 2.17. The Morgan fingerprint density at radius 1 is 1.63 bits per heavy atom. The molecular formula is C13H22ClN3O2. The predicted molar refractivity (Wildman–Crippen MR) is 75.2 cm³/mol. The number of nitrogens with one attached hydrogen (secondary N) is 1. The fraction of sp³-hybridized carbons (Fsp3) is 0.692. The Hall–Kier alpha value is -1.07. The Balaban J connectivity index is 0.00000180. The molecule has 1 amide bonds. The SMILES string of the molecule is Cc1cc(CN(C)C(=O)CCC2CCNC2)no1.Cl. The molecule has 1 unspecified atom stereocenters. The zero-order chi connectivity index (χ0) is 13.0. The van der Waals surface area contributed by atoms with Crippen LogP contribution in [0.2, 0.25) is 0 Å². The van der Waals surface area contributed by atoms with Crippen molar-refractivity contribution >= 4 is 18.3 Å². The van der Waals surface area contributed by atoms with Crippen molar-refractivity contribution in [2.45, 2.75) is 32.7 Å². The number of hydrogen-bond acceptors (Lipinski definition) is 4. The first-order valence-corrected chi connectivity index (χ1v) is 6.52. The lowest BCUT2D eigenvalue weighted by Gasteiger charge is -2.16. The monoisotopic (exact) mass is 287 g/mol. The fourth-order valence-corrected chi connectivity index (χ4v) is 2.30. The number of carbonyl (C=O) groups is 1. The van der Waals surface area contributed by atoms with Gasteiger partial charge in [-0.1, -0.05) is 5.16 Å². The second kappa shape index (κ2) is 7.50. The Labute approximate surface area is 120 Å². The summed E-state index contributed by atoms with van der Waals surface area (Å²) in [6, 6.07) is 1.87. The lowest BCUT2D eigenvalue weighted by atomic mass is 10.0. The number of carbonyl (C=O) groups excluding carboxylic acids is 1. The molecule has 1 fully saturated rings. The third-order valence-electron chi connectivity index (χ3n) is 3.43. The first-order chi connectivity index (χ1) is 8.65. The molecule has 6 heteroatoms. The minimum absolute atomic E-state index is 0. The maximum absolute atomic E-state index is 12.0. The zero-order valence-corrected chi connectivity index (χ0v) is 12.3. The number of rotatable bonds is 5. The van der Waals surface area contributed by atoms with Crippen LogP contribution in [0, 0.1) is 12.8 Å². The summed E-state index contributed by atoms with van der Waals surface area (Å²) < 4.78 is 4.99. The summed E-state index contributed by atoms with van der Waals surface area (Å²) in [5.74, 6) is 1.63. The lowest BCUT2D eigenvalue weighted by molar-refractivity contribution is -0.130. The molecule has 0 radical (unpaired) electrons. The summed E-state index contributed by atoms with van der Waals surface area (Å²) in [5.41, 5.74) is 0.811. The maximum atomic E-state index is 12.0. The Kier molecular flexibility index (Phi) is 6.31. The van der Waals surface area contributed by atoms with E-state index >= 15 is 0 Å². The molecule has 0 bridgehead atoms. The number of aryl methyl sites for hydroxylation is 1. The Morgan fingerprint density at radius 2 is 2.42 bits per heavy atom. The first-order valence-electron chi connectivity index (χ1n) is 6.52. The molecule has 1 aliphatic heterocycles. The van der Waals surface area contributed by atoms with E-state index in [4.69, 9.17) is 4.52 Å². The van der Waals surface area contributed by atoms with Gasteiger partial charge in [-0.25, -0.2) is 0 Å². The van der Waals surface area contributed by atoms with Crippen LogP contribution in [0.15, 0.2) is 10.6 Å². The molecule has 1 aromatic rings. The van der Waals surface area contributed by atoms with Crippen molar-refractivity contribution < 1.29 is 9.32 Å². The lowest BCUT2D eigenvalue weighted by Crippen LogP contribution is -2.26. The van der Waals surface area contributed by atoms with Crippen molar-refractivity contribution in [3.63, 3.8) is 0 Å². The van der Waals surface area contributed by atoms with E-state index in [1.807, 2.05) is 20.0 Å². The highest BCUT2D eigenvalue weighted by Crippen LogP contribution is 2.15. The summed E-state index contributed by atoms with van der Waals surface area (Å²) >= 11 is 0. The summed E-state index contributed by atoms with van der Waals surface area (Å²) in [5, 5.41) is 7.22.